The van der Waals surface area contributed by atoms with Crippen molar-refractivity contribution in [3.8, 4) is 0 Å². The Morgan fingerprint density at radius 2 is 2.10 bits per heavy atom. The van der Waals surface area contributed by atoms with Crippen molar-refractivity contribution in [2.45, 2.75) is 32.6 Å². The zero-order valence-electron chi connectivity index (χ0n) is 6.56. The van der Waals surface area contributed by atoms with Gasteiger partial charge in [-0.2, -0.15) is 0 Å². The summed E-state index contributed by atoms with van der Waals surface area (Å²) in [5.74, 6) is 3.12. The lowest BCUT2D eigenvalue weighted by molar-refractivity contribution is 0.329. The van der Waals surface area contributed by atoms with Gasteiger partial charge in [0.05, 0.1) is 0 Å². The van der Waals surface area contributed by atoms with Crippen LogP contribution in [0.15, 0.2) is 11.1 Å². The molecule has 3 atom stereocenters. The maximum absolute atomic E-state index is 2.43. The Kier molecular flexibility index (Phi) is 0.805. The van der Waals surface area contributed by atoms with Crippen LogP contribution in [0, 0.1) is 17.8 Å². The van der Waals surface area contributed by atoms with Gasteiger partial charge in [-0.05, 0) is 37.5 Å². The second-order valence-electron chi connectivity index (χ2n) is 4.25. The van der Waals surface area contributed by atoms with Crippen LogP contribution in [0.4, 0.5) is 0 Å². The van der Waals surface area contributed by atoms with Crippen molar-refractivity contribution >= 4 is 0 Å². The first-order chi connectivity index (χ1) is 4.88. The summed E-state index contributed by atoms with van der Waals surface area (Å²) in [6.07, 6.45) is 5.99. The van der Waals surface area contributed by atoms with Crippen LogP contribution in [0.2, 0.25) is 0 Å². The van der Waals surface area contributed by atoms with Gasteiger partial charge in [-0.15, -0.1) is 0 Å². The Hall–Kier alpha value is -0.260. The third-order valence-electron chi connectivity index (χ3n) is 3.74. The molecule has 0 spiro atoms. The van der Waals surface area contributed by atoms with Gasteiger partial charge in [-0.3, -0.25) is 0 Å². The van der Waals surface area contributed by atoms with Gasteiger partial charge < -0.3 is 0 Å². The molecule has 0 amide bonds. The van der Waals surface area contributed by atoms with Crippen LogP contribution in [0.3, 0.4) is 0 Å². The molecule has 54 valence electrons. The van der Waals surface area contributed by atoms with E-state index in [1.165, 1.54) is 25.7 Å². The zero-order chi connectivity index (χ0) is 6.72. The largest absolute Gasteiger partial charge is 0.0626 e. The van der Waals surface area contributed by atoms with E-state index >= 15 is 0 Å². The molecule has 0 radical (unpaired) electrons. The van der Waals surface area contributed by atoms with E-state index in [0.29, 0.717) is 0 Å². The van der Waals surface area contributed by atoms with Crippen LogP contribution in [0.5, 0.6) is 0 Å². The standard InChI is InChI=1S/C10H14/c1-6-2-3-7-4-5-8-9(6)10(7)8/h6-7,9H,2-5H2,1H3. The molecule has 0 aromatic heterocycles. The molecular weight excluding hydrogens is 120 g/mol. The topological polar surface area (TPSA) is 0 Å². The highest BCUT2D eigenvalue weighted by molar-refractivity contribution is 5.48. The monoisotopic (exact) mass is 134 g/mol. The first-order valence-corrected chi connectivity index (χ1v) is 4.61. The van der Waals surface area contributed by atoms with Gasteiger partial charge in [0.1, 0.15) is 0 Å². The molecular formula is C10H14. The maximum Gasteiger partial charge on any atom is 0.00413 e. The summed E-state index contributed by atoms with van der Waals surface area (Å²) in [5, 5.41) is 0. The quantitative estimate of drug-likeness (QED) is 0.447. The summed E-state index contributed by atoms with van der Waals surface area (Å²) >= 11 is 0. The van der Waals surface area contributed by atoms with Gasteiger partial charge in [0.25, 0.3) is 0 Å². The minimum absolute atomic E-state index is 1.02. The summed E-state index contributed by atoms with van der Waals surface area (Å²) in [6.45, 7) is 2.43. The van der Waals surface area contributed by atoms with Gasteiger partial charge >= 0.3 is 0 Å². The van der Waals surface area contributed by atoms with Crippen LogP contribution < -0.4 is 0 Å². The van der Waals surface area contributed by atoms with Crippen molar-refractivity contribution in [2.24, 2.45) is 17.8 Å². The summed E-state index contributed by atoms with van der Waals surface area (Å²) < 4.78 is 0. The van der Waals surface area contributed by atoms with Crippen molar-refractivity contribution in [3.63, 3.8) is 0 Å². The first kappa shape index (κ1) is 5.40. The lowest BCUT2D eigenvalue weighted by Crippen LogP contribution is -2.16. The fraction of sp³-hybridized carbons (Fsp3) is 0.800. The number of fused-ring (bicyclic) bond motifs is 1. The Morgan fingerprint density at radius 1 is 1.20 bits per heavy atom. The lowest BCUT2D eigenvalue weighted by atomic mass is 9.78. The highest BCUT2D eigenvalue weighted by atomic mass is 14.5. The number of hydrogen-bond acceptors (Lipinski definition) is 0. The molecule has 0 nitrogen and oxygen atoms in total. The van der Waals surface area contributed by atoms with Crippen molar-refractivity contribution in [2.75, 3.05) is 0 Å². The molecule has 0 aromatic rings. The van der Waals surface area contributed by atoms with Crippen LogP contribution >= 0.6 is 0 Å². The van der Waals surface area contributed by atoms with E-state index < -0.39 is 0 Å². The minimum Gasteiger partial charge on any atom is -0.0626 e. The van der Waals surface area contributed by atoms with E-state index in [2.05, 4.69) is 6.92 Å². The second kappa shape index (κ2) is 1.49. The van der Waals surface area contributed by atoms with Crippen molar-refractivity contribution < 1.29 is 0 Å². The minimum atomic E-state index is 1.02. The molecule has 0 heterocycles. The van der Waals surface area contributed by atoms with E-state index in [0.717, 1.165) is 17.8 Å². The molecule has 0 N–H and O–H groups in total. The Bertz CT molecular complexity index is 212. The van der Waals surface area contributed by atoms with Gasteiger partial charge in [-0.1, -0.05) is 18.1 Å². The molecule has 3 unspecified atom stereocenters. The van der Waals surface area contributed by atoms with E-state index in [1.807, 2.05) is 11.1 Å². The highest BCUT2D eigenvalue weighted by Crippen LogP contribution is 2.62. The van der Waals surface area contributed by atoms with Crippen LogP contribution in [0.25, 0.3) is 0 Å². The highest BCUT2D eigenvalue weighted by Gasteiger charge is 2.50. The molecule has 0 saturated heterocycles. The molecule has 3 rings (SSSR count). The second-order valence-corrected chi connectivity index (χ2v) is 4.25. The maximum atomic E-state index is 2.43. The summed E-state index contributed by atoms with van der Waals surface area (Å²) in [7, 11) is 0. The van der Waals surface area contributed by atoms with Crippen molar-refractivity contribution in [1.82, 2.24) is 0 Å². The Morgan fingerprint density at radius 3 is 2.90 bits per heavy atom. The smallest absolute Gasteiger partial charge is 0.00413 e. The van der Waals surface area contributed by atoms with Gasteiger partial charge in [0, 0.05) is 5.92 Å². The zero-order valence-corrected chi connectivity index (χ0v) is 6.56. The van der Waals surface area contributed by atoms with Gasteiger partial charge in [-0.25, -0.2) is 0 Å². The van der Waals surface area contributed by atoms with E-state index in [-0.39, 0.29) is 0 Å². The number of allylic oxidation sites excluding steroid dienone is 2. The summed E-state index contributed by atoms with van der Waals surface area (Å²) in [4.78, 5) is 0. The lowest BCUT2D eigenvalue weighted by Gasteiger charge is -2.26. The molecule has 1 saturated carbocycles. The molecule has 3 aliphatic rings. The molecule has 10 heavy (non-hydrogen) atoms. The molecule has 0 heteroatoms. The third-order valence-corrected chi connectivity index (χ3v) is 3.74. The predicted molar refractivity (Wildman–Crippen MR) is 41.6 cm³/mol. The van der Waals surface area contributed by atoms with Crippen LogP contribution in [-0.2, 0) is 0 Å². The first-order valence-electron chi connectivity index (χ1n) is 4.61. The SMILES string of the molecule is CC1CCC2CCC3=C2C31. The van der Waals surface area contributed by atoms with Crippen LogP contribution in [-0.4, -0.2) is 0 Å². The van der Waals surface area contributed by atoms with Gasteiger partial charge in [0.15, 0.2) is 0 Å². The van der Waals surface area contributed by atoms with E-state index in [1.54, 1.807) is 0 Å². The number of rotatable bonds is 0. The Balaban J connectivity index is 1.93. The summed E-state index contributed by atoms with van der Waals surface area (Å²) in [6, 6.07) is 0. The third kappa shape index (κ3) is 0.457. The van der Waals surface area contributed by atoms with E-state index in [9.17, 15) is 0 Å². The fourth-order valence-electron chi connectivity index (χ4n) is 3.19. The average Bonchev–Trinajstić information content (AvgIpc) is 2.51. The van der Waals surface area contributed by atoms with E-state index in [4.69, 9.17) is 0 Å². The molecule has 0 aliphatic heterocycles. The van der Waals surface area contributed by atoms with Crippen molar-refractivity contribution in [1.29, 1.82) is 0 Å². The average molecular weight is 134 g/mol. The number of hydrogen-bond donors (Lipinski definition) is 0. The molecule has 1 fully saturated rings. The fourth-order valence-corrected chi connectivity index (χ4v) is 3.19. The van der Waals surface area contributed by atoms with Gasteiger partial charge in [0.2, 0.25) is 0 Å². The molecule has 0 aromatic carbocycles. The molecule has 3 aliphatic carbocycles. The summed E-state index contributed by atoms with van der Waals surface area (Å²) in [5.41, 5.74) is 3.80. The predicted octanol–water partition coefficient (Wildman–Crippen LogP) is 2.75. The molecule has 0 bridgehead atoms. The van der Waals surface area contributed by atoms with Crippen LogP contribution in [0.1, 0.15) is 32.6 Å². The Labute approximate surface area is 62.3 Å². The normalized spacial score (nSPS) is 49.5. The van der Waals surface area contributed by atoms with Crippen molar-refractivity contribution in [3.05, 3.63) is 11.1 Å².